The molecule has 1 aromatic rings. The van der Waals surface area contributed by atoms with Crippen LogP contribution in [0, 0.1) is 5.92 Å². The van der Waals surface area contributed by atoms with Crippen molar-refractivity contribution in [2.24, 2.45) is 5.92 Å². The number of hydrogen-bond donors (Lipinski definition) is 1. The second-order valence-electron chi connectivity index (χ2n) is 7.02. The first-order chi connectivity index (χ1) is 12.7. The van der Waals surface area contributed by atoms with Crippen molar-refractivity contribution in [1.29, 1.82) is 0 Å². The molecule has 0 atom stereocenters. The molecule has 1 amide bonds. The van der Waals surface area contributed by atoms with Gasteiger partial charge in [0, 0.05) is 37.3 Å². The van der Waals surface area contributed by atoms with Gasteiger partial charge < -0.3 is 24.4 Å². The van der Waals surface area contributed by atoms with Crippen LogP contribution in [0.5, 0.6) is 11.5 Å². The molecule has 2 aliphatic rings. The van der Waals surface area contributed by atoms with E-state index in [9.17, 15) is 4.79 Å². The summed E-state index contributed by atoms with van der Waals surface area (Å²) in [4.78, 5) is 15.1. The third kappa shape index (κ3) is 4.48. The number of nitrogens with one attached hydrogen (secondary N) is 1. The average Bonchev–Trinajstić information content (AvgIpc) is 2.72. The summed E-state index contributed by atoms with van der Waals surface area (Å²) in [7, 11) is 3.24. The number of piperidine rings is 1. The summed E-state index contributed by atoms with van der Waals surface area (Å²) in [5.41, 5.74) is 0.930. The molecule has 0 saturated carbocycles. The Hall–Kier alpha value is -1.79. The quantitative estimate of drug-likeness (QED) is 0.841. The van der Waals surface area contributed by atoms with Gasteiger partial charge >= 0.3 is 0 Å². The number of carbonyl (C=O) groups is 1. The van der Waals surface area contributed by atoms with E-state index >= 15 is 0 Å². The van der Waals surface area contributed by atoms with Crippen molar-refractivity contribution in [1.82, 2.24) is 10.2 Å². The highest BCUT2D eigenvalue weighted by atomic mass is 16.5. The van der Waals surface area contributed by atoms with Crippen LogP contribution in [0.4, 0.5) is 0 Å². The van der Waals surface area contributed by atoms with Gasteiger partial charge in [-0.15, -0.1) is 0 Å². The summed E-state index contributed by atoms with van der Waals surface area (Å²) in [6, 6.07) is 6.36. The van der Waals surface area contributed by atoms with Gasteiger partial charge in [-0.05, 0) is 44.8 Å². The van der Waals surface area contributed by atoms with Gasteiger partial charge in [0.25, 0.3) is 0 Å². The zero-order valence-corrected chi connectivity index (χ0v) is 15.8. The van der Waals surface area contributed by atoms with Crippen LogP contribution in [0.25, 0.3) is 0 Å². The predicted octanol–water partition coefficient (Wildman–Crippen LogP) is 2.21. The van der Waals surface area contributed by atoms with Gasteiger partial charge in [0.05, 0.1) is 14.2 Å². The van der Waals surface area contributed by atoms with Crippen LogP contribution in [0.3, 0.4) is 0 Å². The van der Waals surface area contributed by atoms with Gasteiger partial charge in [0.1, 0.15) is 0 Å². The average molecular weight is 362 g/mol. The molecule has 0 bridgehead atoms. The number of ether oxygens (including phenoxy) is 3. The highest BCUT2D eigenvalue weighted by molar-refractivity contribution is 5.78. The molecule has 2 saturated heterocycles. The van der Waals surface area contributed by atoms with Crippen molar-refractivity contribution in [2.75, 3.05) is 40.5 Å². The van der Waals surface area contributed by atoms with Crippen molar-refractivity contribution < 1.29 is 19.0 Å². The largest absolute Gasteiger partial charge is 0.493 e. The van der Waals surface area contributed by atoms with E-state index in [4.69, 9.17) is 14.2 Å². The number of likely N-dealkylation sites (tertiary alicyclic amines) is 1. The van der Waals surface area contributed by atoms with Crippen LogP contribution < -0.4 is 14.8 Å². The van der Waals surface area contributed by atoms with Crippen molar-refractivity contribution in [3.63, 3.8) is 0 Å². The van der Waals surface area contributed by atoms with Crippen molar-refractivity contribution in [3.8, 4) is 11.5 Å². The molecule has 0 aliphatic carbocycles. The van der Waals surface area contributed by atoms with Crippen LogP contribution in [0.2, 0.25) is 0 Å². The van der Waals surface area contributed by atoms with Crippen LogP contribution in [0.15, 0.2) is 18.2 Å². The zero-order chi connectivity index (χ0) is 18.4. The minimum Gasteiger partial charge on any atom is -0.493 e. The third-order valence-electron chi connectivity index (χ3n) is 5.55. The molecule has 6 nitrogen and oxygen atoms in total. The lowest BCUT2D eigenvalue weighted by Gasteiger charge is -2.38. The SMILES string of the molecule is COc1cccc(CNC(=O)C2CCN(C3CCOCC3)CC2)c1OC. The third-order valence-corrected chi connectivity index (χ3v) is 5.55. The monoisotopic (exact) mass is 362 g/mol. The Morgan fingerprint density at radius 3 is 2.54 bits per heavy atom. The summed E-state index contributed by atoms with van der Waals surface area (Å²) in [5.74, 6) is 1.61. The summed E-state index contributed by atoms with van der Waals surface area (Å²) in [6.07, 6.45) is 4.09. The first-order valence-corrected chi connectivity index (χ1v) is 9.52. The topological polar surface area (TPSA) is 60.0 Å². The molecular formula is C20H30N2O4. The number of nitrogens with zero attached hydrogens (tertiary/aromatic N) is 1. The Morgan fingerprint density at radius 1 is 1.15 bits per heavy atom. The lowest BCUT2D eigenvalue weighted by Crippen LogP contribution is -2.46. The number of methoxy groups -OCH3 is 2. The Balaban J connectivity index is 1.49. The standard InChI is InChI=1S/C20H30N2O4/c1-24-18-5-3-4-16(19(18)25-2)14-21-20(23)15-6-10-22(11-7-15)17-8-12-26-13-9-17/h3-5,15,17H,6-14H2,1-2H3,(H,21,23). The molecule has 144 valence electrons. The van der Waals surface area contributed by atoms with E-state index in [0.717, 1.165) is 57.6 Å². The Bertz CT molecular complexity index is 593. The highest BCUT2D eigenvalue weighted by Gasteiger charge is 2.29. The number of benzene rings is 1. The van der Waals surface area contributed by atoms with Crippen molar-refractivity contribution in [3.05, 3.63) is 23.8 Å². The van der Waals surface area contributed by atoms with Crippen LogP contribution in [0.1, 0.15) is 31.2 Å². The maximum atomic E-state index is 12.6. The highest BCUT2D eigenvalue weighted by Crippen LogP contribution is 2.30. The minimum atomic E-state index is 0.0997. The molecule has 0 radical (unpaired) electrons. The Morgan fingerprint density at radius 2 is 1.88 bits per heavy atom. The van der Waals surface area contributed by atoms with Crippen molar-refractivity contribution >= 4 is 5.91 Å². The number of amides is 1. The fraction of sp³-hybridized carbons (Fsp3) is 0.650. The zero-order valence-electron chi connectivity index (χ0n) is 15.8. The van der Waals surface area contributed by atoms with E-state index < -0.39 is 0 Å². The van der Waals surface area contributed by atoms with E-state index in [1.54, 1.807) is 14.2 Å². The molecule has 2 aliphatic heterocycles. The normalized spacial score (nSPS) is 19.9. The molecule has 0 unspecified atom stereocenters. The van der Waals surface area contributed by atoms with Crippen LogP contribution >= 0.6 is 0 Å². The Labute approximate surface area is 155 Å². The first-order valence-electron chi connectivity index (χ1n) is 9.52. The van der Waals surface area contributed by atoms with E-state index in [1.807, 2.05) is 18.2 Å². The van der Waals surface area contributed by atoms with E-state index in [2.05, 4.69) is 10.2 Å². The molecule has 3 rings (SSSR count). The molecular weight excluding hydrogens is 332 g/mol. The number of carbonyl (C=O) groups excluding carboxylic acids is 1. The van der Waals surface area contributed by atoms with Crippen LogP contribution in [-0.2, 0) is 16.1 Å². The molecule has 26 heavy (non-hydrogen) atoms. The van der Waals surface area contributed by atoms with Gasteiger partial charge in [-0.3, -0.25) is 4.79 Å². The predicted molar refractivity (Wildman–Crippen MR) is 99.5 cm³/mol. The molecule has 2 heterocycles. The second kappa shape index (κ2) is 9.24. The maximum absolute atomic E-state index is 12.6. The fourth-order valence-electron chi connectivity index (χ4n) is 4.00. The van der Waals surface area contributed by atoms with E-state index in [0.29, 0.717) is 24.1 Å². The van der Waals surface area contributed by atoms with Gasteiger partial charge in [-0.2, -0.15) is 0 Å². The van der Waals surface area contributed by atoms with Gasteiger partial charge in [0.15, 0.2) is 11.5 Å². The lowest BCUT2D eigenvalue weighted by molar-refractivity contribution is -0.127. The van der Waals surface area contributed by atoms with Gasteiger partial charge in [-0.25, -0.2) is 0 Å². The van der Waals surface area contributed by atoms with Crippen LogP contribution in [-0.4, -0.2) is 57.4 Å². The summed E-state index contributed by atoms with van der Waals surface area (Å²) in [5, 5.41) is 3.08. The second-order valence-corrected chi connectivity index (χ2v) is 7.02. The van der Waals surface area contributed by atoms with Crippen molar-refractivity contribution in [2.45, 2.75) is 38.3 Å². The molecule has 6 heteroatoms. The molecule has 1 aromatic carbocycles. The first kappa shape index (κ1) is 19.0. The minimum absolute atomic E-state index is 0.0997. The molecule has 2 fully saturated rings. The van der Waals surface area contributed by atoms with Gasteiger partial charge in [-0.1, -0.05) is 12.1 Å². The Kier molecular flexibility index (Phi) is 6.74. The maximum Gasteiger partial charge on any atom is 0.223 e. The smallest absolute Gasteiger partial charge is 0.223 e. The van der Waals surface area contributed by atoms with Gasteiger partial charge in [0.2, 0.25) is 5.91 Å². The number of para-hydroxylation sites is 1. The lowest BCUT2D eigenvalue weighted by atomic mass is 9.93. The molecule has 0 aromatic heterocycles. The molecule has 0 spiro atoms. The summed E-state index contributed by atoms with van der Waals surface area (Å²) in [6.45, 7) is 4.21. The van der Waals surface area contributed by atoms with E-state index in [-0.39, 0.29) is 11.8 Å². The fourth-order valence-corrected chi connectivity index (χ4v) is 4.00. The number of rotatable bonds is 6. The summed E-state index contributed by atoms with van der Waals surface area (Å²) >= 11 is 0. The summed E-state index contributed by atoms with van der Waals surface area (Å²) < 4.78 is 16.2. The number of hydrogen-bond acceptors (Lipinski definition) is 5. The molecule has 1 N–H and O–H groups in total. The van der Waals surface area contributed by atoms with E-state index in [1.165, 1.54) is 0 Å².